The van der Waals surface area contributed by atoms with Crippen LogP contribution in [0.25, 0.3) is 66.1 Å². The van der Waals surface area contributed by atoms with Gasteiger partial charge in [0.25, 0.3) is 5.69 Å². The van der Waals surface area contributed by atoms with Gasteiger partial charge in [-0.3, -0.25) is 10.1 Å². The average molecular weight is 530 g/mol. The topological polar surface area (TPSA) is 53.0 Å². The van der Waals surface area contributed by atoms with Gasteiger partial charge in [-0.1, -0.05) is 84.9 Å². The molecule has 6 aromatic carbocycles. The molecule has 0 saturated carbocycles. The standard InChI is InChI=1S/C36H23N3O2/c40-39(41)36-23-26(38-34-18-7-3-14-30(34)31-15-4-8-19-35(31)38)20-21-27(36)24-10-9-11-25(22-24)37-32-16-5-1-12-28(32)29-13-2-6-17-33(29)37/h1-23H. The second kappa shape index (κ2) is 8.93. The van der Waals surface area contributed by atoms with E-state index in [1.807, 2.05) is 66.7 Å². The molecule has 8 aromatic rings. The van der Waals surface area contributed by atoms with Crippen molar-refractivity contribution in [3.63, 3.8) is 0 Å². The Morgan fingerprint density at radius 1 is 0.463 bits per heavy atom. The van der Waals surface area contributed by atoms with E-state index in [9.17, 15) is 10.1 Å². The molecule has 2 heterocycles. The summed E-state index contributed by atoms with van der Waals surface area (Å²) in [4.78, 5) is 12.2. The number of nitro groups is 1. The highest BCUT2D eigenvalue weighted by Crippen LogP contribution is 2.38. The molecule has 2 aromatic heterocycles. The molecule has 0 saturated heterocycles. The van der Waals surface area contributed by atoms with Crippen LogP contribution in [-0.2, 0) is 0 Å². The Hall–Kier alpha value is -5.68. The van der Waals surface area contributed by atoms with Crippen molar-refractivity contribution in [2.45, 2.75) is 0 Å². The zero-order valence-electron chi connectivity index (χ0n) is 21.9. The van der Waals surface area contributed by atoms with E-state index in [-0.39, 0.29) is 10.6 Å². The van der Waals surface area contributed by atoms with Gasteiger partial charge in [-0.2, -0.15) is 0 Å². The fourth-order valence-electron chi connectivity index (χ4n) is 6.27. The Labute approximate surface area is 235 Å². The summed E-state index contributed by atoms with van der Waals surface area (Å²) < 4.78 is 4.34. The number of hydrogen-bond acceptors (Lipinski definition) is 2. The molecule has 0 fully saturated rings. The summed E-state index contributed by atoms with van der Waals surface area (Å²) in [5.74, 6) is 0. The summed E-state index contributed by atoms with van der Waals surface area (Å²) in [6.07, 6.45) is 0. The zero-order valence-corrected chi connectivity index (χ0v) is 21.9. The molecular weight excluding hydrogens is 506 g/mol. The minimum atomic E-state index is -0.278. The van der Waals surface area contributed by atoms with Crippen LogP contribution < -0.4 is 0 Å². The number of benzene rings is 6. The van der Waals surface area contributed by atoms with Crippen LogP contribution in [0.5, 0.6) is 0 Å². The fourth-order valence-corrected chi connectivity index (χ4v) is 6.27. The monoisotopic (exact) mass is 529 g/mol. The molecule has 5 nitrogen and oxygen atoms in total. The molecule has 0 aliphatic rings. The second-order valence-electron chi connectivity index (χ2n) is 10.2. The lowest BCUT2D eigenvalue weighted by Crippen LogP contribution is -1.99. The first kappa shape index (κ1) is 23.2. The number of nitro benzene ring substituents is 1. The molecule has 0 amide bonds. The predicted octanol–water partition coefficient (Wildman–Crippen LogP) is 9.46. The van der Waals surface area contributed by atoms with Crippen LogP contribution in [-0.4, -0.2) is 14.1 Å². The van der Waals surface area contributed by atoms with Gasteiger partial charge in [0, 0.05) is 33.3 Å². The molecule has 0 aliphatic heterocycles. The summed E-state index contributed by atoms with van der Waals surface area (Å²) >= 11 is 0. The zero-order chi connectivity index (χ0) is 27.5. The quantitative estimate of drug-likeness (QED) is 0.168. The maximum atomic E-state index is 12.5. The van der Waals surface area contributed by atoms with Gasteiger partial charge in [-0.05, 0) is 54.1 Å². The summed E-state index contributed by atoms with van der Waals surface area (Å²) in [7, 11) is 0. The molecule has 0 atom stereocenters. The number of para-hydroxylation sites is 4. The van der Waals surface area contributed by atoms with Crippen molar-refractivity contribution in [3.05, 3.63) is 150 Å². The third-order valence-corrected chi connectivity index (χ3v) is 8.01. The van der Waals surface area contributed by atoms with Crippen LogP contribution in [0.3, 0.4) is 0 Å². The summed E-state index contributed by atoms with van der Waals surface area (Å²) in [6.45, 7) is 0. The Morgan fingerprint density at radius 2 is 0.902 bits per heavy atom. The lowest BCUT2D eigenvalue weighted by Gasteiger charge is -2.12. The minimum Gasteiger partial charge on any atom is -0.309 e. The first-order chi connectivity index (χ1) is 20.2. The summed E-state index contributed by atoms with van der Waals surface area (Å²) in [5.41, 5.74) is 7.41. The van der Waals surface area contributed by atoms with Crippen molar-refractivity contribution in [3.8, 4) is 22.5 Å². The van der Waals surface area contributed by atoms with Gasteiger partial charge in [-0.25, -0.2) is 0 Å². The smallest absolute Gasteiger partial charge is 0.279 e. The van der Waals surface area contributed by atoms with E-state index in [2.05, 4.69) is 75.9 Å². The third-order valence-electron chi connectivity index (χ3n) is 8.01. The number of fused-ring (bicyclic) bond motifs is 6. The van der Waals surface area contributed by atoms with Crippen molar-refractivity contribution in [1.82, 2.24) is 9.13 Å². The van der Waals surface area contributed by atoms with Gasteiger partial charge in [0.15, 0.2) is 0 Å². The number of aromatic nitrogens is 2. The molecule has 0 bridgehead atoms. The van der Waals surface area contributed by atoms with Crippen LogP contribution in [0.1, 0.15) is 0 Å². The first-order valence-electron chi connectivity index (χ1n) is 13.5. The normalized spacial score (nSPS) is 11.6. The highest BCUT2D eigenvalue weighted by molar-refractivity contribution is 6.10. The molecule has 5 heteroatoms. The maximum absolute atomic E-state index is 12.5. The fraction of sp³-hybridized carbons (Fsp3) is 0. The molecule has 8 rings (SSSR count). The van der Waals surface area contributed by atoms with E-state index in [0.29, 0.717) is 5.56 Å². The molecule has 41 heavy (non-hydrogen) atoms. The van der Waals surface area contributed by atoms with E-state index >= 15 is 0 Å². The summed E-state index contributed by atoms with van der Waals surface area (Å²) in [5, 5.41) is 17.1. The van der Waals surface area contributed by atoms with Gasteiger partial charge in [0.2, 0.25) is 0 Å². The van der Waals surface area contributed by atoms with Crippen LogP contribution in [0.2, 0.25) is 0 Å². The third kappa shape index (κ3) is 3.49. The van der Waals surface area contributed by atoms with Gasteiger partial charge in [0.05, 0.1) is 38.2 Å². The lowest BCUT2D eigenvalue weighted by atomic mass is 10.0. The minimum absolute atomic E-state index is 0.0729. The second-order valence-corrected chi connectivity index (χ2v) is 10.2. The van der Waals surface area contributed by atoms with Crippen LogP contribution in [0.15, 0.2) is 140 Å². The number of hydrogen-bond donors (Lipinski definition) is 0. The molecular formula is C36H23N3O2. The Bertz CT molecular complexity index is 2200. The predicted molar refractivity (Wildman–Crippen MR) is 167 cm³/mol. The van der Waals surface area contributed by atoms with E-state index in [4.69, 9.17) is 0 Å². The van der Waals surface area contributed by atoms with Gasteiger partial charge in [-0.15, -0.1) is 0 Å². The largest absolute Gasteiger partial charge is 0.309 e. The van der Waals surface area contributed by atoms with E-state index in [0.717, 1.165) is 49.8 Å². The molecule has 0 radical (unpaired) electrons. The average Bonchev–Trinajstić information content (AvgIpc) is 3.54. The van der Waals surface area contributed by atoms with Crippen LogP contribution in [0.4, 0.5) is 5.69 Å². The van der Waals surface area contributed by atoms with Crippen molar-refractivity contribution in [2.24, 2.45) is 0 Å². The Balaban J connectivity index is 1.32. The highest BCUT2D eigenvalue weighted by Gasteiger charge is 2.20. The number of nitrogens with zero attached hydrogens (tertiary/aromatic N) is 3. The van der Waals surface area contributed by atoms with Crippen molar-refractivity contribution < 1.29 is 4.92 Å². The Kier molecular flexibility index (Phi) is 5.06. The van der Waals surface area contributed by atoms with Crippen LogP contribution >= 0.6 is 0 Å². The molecule has 0 N–H and O–H groups in total. The molecule has 194 valence electrons. The van der Waals surface area contributed by atoms with E-state index < -0.39 is 0 Å². The molecule has 0 unspecified atom stereocenters. The van der Waals surface area contributed by atoms with E-state index in [1.165, 1.54) is 10.8 Å². The van der Waals surface area contributed by atoms with Gasteiger partial charge >= 0.3 is 0 Å². The first-order valence-corrected chi connectivity index (χ1v) is 13.5. The highest BCUT2D eigenvalue weighted by atomic mass is 16.6. The maximum Gasteiger partial charge on any atom is 0.279 e. The van der Waals surface area contributed by atoms with Crippen molar-refractivity contribution in [1.29, 1.82) is 0 Å². The van der Waals surface area contributed by atoms with Gasteiger partial charge in [0.1, 0.15) is 0 Å². The van der Waals surface area contributed by atoms with Crippen LogP contribution in [0, 0.1) is 10.1 Å². The van der Waals surface area contributed by atoms with Crippen molar-refractivity contribution in [2.75, 3.05) is 0 Å². The number of rotatable bonds is 4. The van der Waals surface area contributed by atoms with Crippen molar-refractivity contribution >= 4 is 49.3 Å². The summed E-state index contributed by atoms with van der Waals surface area (Å²) in [6, 6.07) is 46.6. The lowest BCUT2D eigenvalue weighted by molar-refractivity contribution is -0.384. The Morgan fingerprint density at radius 3 is 1.37 bits per heavy atom. The SMILES string of the molecule is O=[N+]([O-])c1cc(-n2c3ccccc3c3ccccc32)ccc1-c1cccc(-n2c3ccccc3c3ccccc32)c1. The molecule has 0 spiro atoms. The van der Waals surface area contributed by atoms with E-state index in [1.54, 1.807) is 6.07 Å². The van der Waals surface area contributed by atoms with Gasteiger partial charge < -0.3 is 9.13 Å². The molecule has 0 aliphatic carbocycles.